The van der Waals surface area contributed by atoms with Gasteiger partial charge >= 0.3 is 0 Å². The molecule has 28 heavy (non-hydrogen) atoms. The Hall–Kier alpha value is -2.51. The molecule has 3 aromatic rings. The fourth-order valence-electron chi connectivity index (χ4n) is 2.60. The number of nitrogens with one attached hydrogen (secondary N) is 1. The molecule has 0 saturated carbocycles. The summed E-state index contributed by atoms with van der Waals surface area (Å²) in [6.07, 6.45) is 0.686. The Morgan fingerprint density at radius 3 is 2.71 bits per heavy atom. The number of halogens is 1. The second kappa shape index (κ2) is 9.12. The molecular weight excluding hydrogens is 396 g/mol. The number of carbonyl (C=O) groups excluding carboxylic acids is 1. The lowest BCUT2D eigenvalue weighted by molar-refractivity contribution is -0.115. The van der Waals surface area contributed by atoms with Gasteiger partial charge in [-0.1, -0.05) is 53.7 Å². The van der Waals surface area contributed by atoms with Crippen LogP contribution in [0.15, 0.2) is 53.7 Å². The largest absolute Gasteiger partial charge is 0.495 e. The second-order valence-electron chi connectivity index (χ2n) is 6.21. The standard InChI is InChI=1S/C20H21ClN4O2S/c1-13(19(26)22-16-12-15(21)9-10-17(16)27-3)28-20-24-23-18(25(20)2)11-14-7-5-4-6-8-14/h4-10,12-13H,11H2,1-3H3,(H,22,26)/t13-/m1/s1. The Morgan fingerprint density at radius 1 is 1.25 bits per heavy atom. The van der Waals surface area contributed by atoms with Crippen LogP contribution in [0.25, 0.3) is 0 Å². The van der Waals surface area contributed by atoms with Crippen LogP contribution in [-0.4, -0.2) is 33.0 Å². The van der Waals surface area contributed by atoms with Gasteiger partial charge in [-0.15, -0.1) is 10.2 Å². The molecule has 2 aromatic carbocycles. The van der Waals surface area contributed by atoms with Crippen LogP contribution >= 0.6 is 23.4 Å². The topological polar surface area (TPSA) is 69.0 Å². The van der Waals surface area contributed by atoms with Crippen molar-refractivity contribution >= 4 is 35.0 Å². The number of benzene rings is 2. The molecule has 1 amide bonds. The fourth-order valence-corrected chi connectivity index (χ4v) is 3.61. The quantitative estimate of drug-likeness (QED) is 0.585. The molecule has 3 rings (SSSR count). The molecule has 1 N–H and O–H groups in total. The number of hydrogen-bond acceptors (Lipinski definition) is 5. The maximum Gasteiger partial charge on any atom is 0.237 e. The van der Waals surface area contributed by atoms with Gasteiger partial charge in [-0.05, 0) is 30.7 Å². The number of rotatable bonds is 7. The van der Waals surface area contributed by atoms with Gasteiger partial charge in [0.1, 0.15) is 11.6 Å². The molecule has 0 aliphatic carbocycles. The highest BCUT2D eigenvalue weighted by atomic mass is 35.5. The molecule has 0 aliphatic heterocycles. The number of thioether (sulfide) groups is 1. The van der Waals surface area contributed by atoms with Crippen LogP contribution in [0.1, 0.15) is 18.3 Å². The summed E-state index contributed by atoms with van der Waals surface area (Å²) in [5.41, 5.74) is 1.70. The molecule has 0 bridgehead atoms. The van der Waals surface area contributed by atoms with Gasteiger partial charge in [-0.25, -0.2) is 0 Å². The number of hydrogen-bond donors (Lipinski definition) is 1. The van der Waals surface area contributed by atoms with E-state index >= 15 is 0 Å². The van der Waals surface area contributed by atoms with Gasteiger partial charge in [0.05, 0.1) is 18.0 Å². The fraction of sp³-hybridized carbons (Fsp3) is 0.250. The van der Waals surface area contributed by atoms with Crippen molar-refractivity contribution in [3.8, 4) is 5.75 Å². The lowest BCUT2D eigenvalue weighted by atomic mass is 10.1. The van der Waals surface area contributed by atoms with Crippen LogP contribution in [0.3, 0.4) is 0 Å². The summed E-state index contributed by atoms with van der Waals surface area (Å²) < 4.78 is 7.19. The first-order valence-electron chi connectivity index (χ1n) is 8.71. The molecule has 146 valence electrons. The molecule has 0 fully saturated rings. The second-order valence-corrected chi connectivity index (χ2v) is 7.96. The number of methoxy groups -OCH3 is 1. The summed E-state index contributed by atoms with van der Waals surface area (Å²) in [7, 11) is 3.45. The minimum atomic E-state index is -0.379. The van der Waals surface area contributed by atoms with Crippen molar-refractivity contribution in [2.75, 3.05) is 12.4 Å². The normalized spacial score (nSPS) is 11.9. The van der Waals surface area contributed by atoms with Crippen LogP contribution < -0.4 is 10.1 Å². The number of anilines is 1. The third-order valence-electron chi connectivity index (χ3n) is 4.20. The van der Waals surface area contributed by atoms with Crippen molar-refractivity contribution in [1.82, 2.24) is 14.8 Å². The Kier molecular flexibility index (Phi) is 6.59. The minimum absolute atomic E-state index is 0.168. The van der Waals surface area contributed by atoms with Gasteiger partial charge < -0.3 is 14.6 Å². The van der Waals surface area contributed by atoms with Crippen molar-refractivity contribution in [1.29, 1.82) is 0 Å². The summed E-state index contributed by atoms with van der Waals surface area (Å²) >= 11 is 7.37. The van der Waals surface area contributed by atoms with Gasteiger partial charge in [0.15, 0.2) is 5.16 Å². The minimum Gasteiger partial charge on any atom is -0.495 e. The van der Waals surface area contributed by atoms with E-state index in [9.17, 15) is 4.79 Å². The molecule has 0 radical (unpaired) electrons. The van der Waals surface area contributed by atoms with E-state index in [1.807, 2.05) is 36.7 Å². The zero-order valence-corrected chi connectivity index (χ0v) is 17.4. The third-order valence-corrected chi connectivity index (χ3v) is 5.57. The molecule has 0 aliphatic rings. The van der Waals surface area contributed by atoms with Gasteiger partial charge in [-0.2, -0.15) is 0 Å². The first-order valence-corrected chi connectivity index (χ1v) is 9.97. The van der Waals surface area contributed by atoms with Crippen molar-refractivity contribution in [2.45, 2.75) is 23.8 Å². The number of nitrogens with zero attached hydrogens (tertiary/aromatic N) is 3. The highest BCUT2D eigenvalue weighted by molar-refractivity contribution is 8.00. The Labute approximate surface area is 173 Å². The van der Waals surface area contributed by atoms with Crippen LogP contribution in [-0.2, 0) is 18.3 Å². The summed E-state index contributed by atoms with van der Waals surface area (Å²) in [6, 6.07) is 15.2. The van der Waals surface area contributed by atoms with Crippen molar-refractivity contribution < 1.29 is 9.53 Å². The van der Waals surface area contributed by atoms with E-state index in [0.29, 0.717) is 28.0 Å². The van der Waals surface area contributed by atoms with E-state index in [4.69, 9.17) is 16.3 Å². The van der Waals surface area contributed by atoms with E-state index in [0.717, 1.165) is 11.4 Å². The molecule has 0 spiro atoms. The lowest BCUT2D eigenvalue weighted by Gasteiger charge is -2.14. The highest BCUT2D eigenvalue weighted by Gasteiger charge is 2.20. The third kappa shape index (κ3) is 4.85. The number of amides is 1. The van der Waals surface area contributed by atoms with E-state index in [2.05, 4.69) is 27.6 Å². The number of carbonyl (C=O) groups is 1. The van der Waals surface area contributed by atoms with Crippen molar-refractivity contribution in [3.05, 3.63) is 64.9 Å². The molecule has 0 unspecified atom stereocenters. The maximum atomic E-state index is 12.6. The molecule has 6 nitrogen and oxygen atoms in total. The summed E-state index contributed by atoms with van der Waals surface area (Å²) in [5.74, 6) is 1.23. The van der Waals surface area contributed by atoms with Gasteiger partial charge in [0.25, 0.3) is 0 Å². The van der Waals surface area contributed by atoms with E-state index in [-0.39, 0.29) is 11.2 Å². The maximum absolute atomic E-state index is 12.6. The van der Waals surface area contributed by atoms with Crippen LogP contribution in [0.4, 0.5) is 5.69 Å². The van der Waals surface area contributed by atoms with Crippen LogP contribution in [0.2, 0.25) is 5.02 Å². The number of ether oxygens (including phenoxy) is 1. The Balaban J connectivity index is 1.67. The predicted molar refractivity (Wildman–Crippen MR) is 112 cm³/mol. The summed E-state index contributed by atoms with van der Waals surface area (Å²) in [6.45, 7) is 1.82. The molecule has 0 saturated heterocycles. The SMILES string of the molecule is COc1ccc(Cl)cc1NC(=O)[C@@H](C)Sc1nnc(Cc2ccccc2)n1C. The lowest BCUT2D eigenvalue weighted by Crippen LogP contribution is -2.23. The number of aromatic nitrogens is 3. The molecule has 8 heteroatoms. The summed E-state index contributed by atoms with van der Waals surface area (Å²) in [4.78, 5) is 12.6. The van der Waals surface area contributed by atoms with E-state index < -0.39 is 0 Å². The van der Waals surface area contributed by atoms with Crippen molar-refractivity contribution in [3.63, 3.8) is 0 Å². The first-order chi connectivity index (χ1) is 13.5. The Bertz CT molecular complexity index is 962. The zero-order chi connectivity index (χ0) is 20.1. The van der Waals surface area contributed by atoms with Gasteiger partial charge in [0.2, 0.25) is 5.91 Å². The highest BCUT2D eigenvalue weighted by Crippen LogP contribution is 2.29. The zero-order valence-electron chi connectivity index (χ0n) is 15.8. The average Bonchev–Trinajstić information content (AvgIpc) is 3.02. The predicted octanol–water partition coefficient (Wildman–Crippen LogP) is 4.19. The van der Waals surface area contributed by atoms with Gasteiger partial charge in [-0.3, -0.25) is 4.79 Å². The Morgan fingerprint density at radius 2 is 2.00 bits per heavy atom. The van der Waals surface area contributed by atoms with E-state index in [1.165, 1.54) is 11.8 Å². The first kappa shape index (κ1) is 20.2. The molecule has 1 heterocycles. The average molecular weight is 417 g/mol. The van der Waals surface area contributed by atoms with Crippen LogP contribution in [0, 0.1) is 0 Å². The van der Waals surface area contributed by atoms with E-state index in [1.54, 1.807) is 25.3 Å². The van der Waals surface area contributed by atoms with Gasteiger partial charge in [0, 0.05) is 18.5 Å². The molecular formula is C20H21ClN4O2S. The van der Waals surface area contributed by atoms with Crippen molar-refractivity contribution in [2.24, 2.45) is 7.05 Å². The molecule has 1 atom stereocenters. The smallest absolute Gasteiger partial charge is 0.237 e. The van der Waals surface area contributed by atoms with Crippen LogP contribution in [0.5, 0.6) is 5.75 Å². The monoisotopic (exact) mass is 416 g/mol. The molecule has 1 aromatic heterocycles. The summed E-state index contributed by atoms with van der Waals surface area (Å²) in [5, 5.41) is 12.2.